The molecule has 0 radical (unpaired) electrons. The van der Waals surface area contributed by atoms with Gasteiger partial charge in [-0.1, -0.05) is 41.5 Å². The number of guanidine groups is 1. The molecule has 0 spiro atoms. The summed E-state index contributed by atoms with van der Waals surface area (Å²) in [5.41, 5.74) is 22.5. The van der Waals surface area contributed by atoms with E-state index in [1.54, 1.807) is 34.0 Å². The minimum Gasteiger partial charge on any atom is -0.481 e. The highest BCUT2D eigenvalue weighted by atomic mass is 32.2. The van der Waals surface area contributed by atoms with Crippen LogP contribution in [0.15, 0.2) is 4.99 Å². The van der Waals surface area contributed by atoms with Crippen LogP contribution in [0.2, 0.25) is 0 Å². The Kier molecular flexibility index (Phi) is 34.4. The molecular weight excluding hydrogens is 1040 g/mol. The third kappa shape index (κ3) is 28.3. The number of carbonyl (C=O) groups excluding carboxylic acids is 9. The number of aliphatic hydroxyl groups excluding tert-OH is 2. The number of nitrogens with two attached hydrogens (primary N) is 4. The molecule has 0 aromatic rings. The number of rotatable bonds is 39. The van der Waals surface area contributed by atoms with Crippen LogP contribution in [0.5, 0.6) is 0 Å². The van der Waals surface area contributed by atoms with Crippen LogP contribution in [-0.2, 0) is 52.7 Å². The van der Waals surface area contributed by atoms with E-state index < -0.39 is 151 Å². The zero-order valence-corrected chi connectivity index (χ0v) is 47.0. The van der Waals surface area contributed by atoms with Gasteiger partial charge in [-0.15, -0.1) is 0 Å². The van der Waals surface area contributed by atoms with Crippen LogP contribution in [-0.4, -0.2) is 190 Å². The lowest BCUT2D eigenvalue weighted by Gasteiger charge is -2.29. The topological polar surface area (TPSA) is 493 Å². The molecule has 0 aliphatic carbocycles. The Morgan fingerprint density at radius 3 is 1.45 bits per heavy atom. The van der Waals surface area contributed by atoms with Gasteiger partial charge in [0.25, 0.3) is 0 Å². The zero-order chi connectivity index (χ0) is 60.0. The smallest absolute Gasteiger partial charge is 0.328 e. The van der Waals surface area contributed by atoms with E-state index in [0.717, 1.165) is 0 Å². The number of hydrogen-bond donors (Lipinski definition) is 17. The summed E-state index contributed by atoms with van der Waals surface area (Å²) in [6.07, 6.45) is 0.426. The average Bonchev–Trinajstić information content (AvgIpc) is 3.33. The SMILES string of the molecule is CSCC[C@H](NC(=O)[C@@H](NC(=O)[C@H](CO)NC(=O)[C@H](C)NC(=O)[C@H](CCCCN)NC(=O)[C@H](CC(=O)O)NC(=O)[C@@H](N)CC(C)C)C(C)C)C(=O)N[C@@H](CCCN=C(N)N)C(=O)N[C@@H](CC(C)C)C(=O)N[C@H](C(=O)O)[C@@H](C)O. The second kappa shape index (κ2) is 37.4. The van der Waals surface area contributed by atoms with Crippen molar-refractivity contribution in [2.24, 2.45) is 45.7 Å². The Balaban J connectivity index is 6.42. The number of carboxylic acids is 2. The molecule has 446 valence electrons. The van der Waals surface area contributed by atoms with Crippen molar-refractivity contribution in [3.8, 4) is 0 Å². The van der Waals surface area contributed by atoms with Gasteiger partial charge in [-0.2, -0.15) is 11.8 Å². The van der Waals surface area contributed by atoms with Gasteiger partial charge in [0.05, 0.1) is 25.2 Å². The molecule has 0 aliphatic heterocycles. The molecule has 0 unspecified atom stereocenters. The maximum atomic E-state index is 14.1. The van der Waals surface area contributed by atoms with Crippen LogP contribution in [0.1, 0.15) is 113 Å². The minimum atomic E-state index is -1.70. The van der Waals surface area contributed by atoms with Gasteiger partial charge in [-0.3, -0.25) is 52.9 Å². The number of aliphatic hydroxyl groups is 2. The number of nitrogens with one attached hydrogen (secondary N) is 9. The normalized spacial score (nSPS) is 15.5. The summed E-state index contributed by atoms with van der Waals surface area (Å²) in [6, 6.07) is -14.3. The second-order valence-electron chi connectivity index (χ2n) is 20.1. The third-order valence-electron chi connectivity index (χ3n) is 11.7. The Bertz CT molecular complexity index is 2030. The number of thioether (sulfide) groups is 1. The maximum absolute atomic E-state index is 14.1. The molecule has 30 heteroatoms. The van der Waals surface area contributed by atoms with E-state index in [1.165, 1.54) is 25.6 Å². The van der Waals surface area contributed by atoms with E-state index in [1.807, 2.05) is 13.8 Å². The predicted octanol–water partition coefficient (Wildman–Crippen LogP) is -4.69. The van der Waals surface area contributed by atoms with Gasteiger partial charge < -0.3 is 91.2 Å². The number of amides is 9. The number of aliphatic imine (C=N–C) groups is 1. The summed E-state index contributed by atoms with van der Waals surface area (Å²) >= 11 is 1.33. The number of nitrogens with zero attached hydrogens (tertiary/aromatic N) is 1. The highest BCUT2D eigenvalue weighted by Gasteiger charge is 2.36. The fourth-order valence-electron chi connectivity index (χ4n) is 7.40. The lowest BCUT2D eigenvalue weighted by molar-refractivity contribution is -0.145. The predicted molar refractivity (Wildman–Crippen MR) is 289 cm³/mol. The van der Waals surface area contributed by atoms with Crippen LogP contribution in [0.4, 0.5) is 0 Å². The van der Waals surface area contributed by atoms with Crippen LogP contribution >= 0.6 is 11.8 Å². The Morgan fingerprint density at radius 2 is 0.974 bits per heavy atom. The molecule has 0 aliphatic rings. The Hall–Kier alpha value is -6.37. The number of hydrogen-bond acceptors (Lipinski definition) is 17. The molecule has 0 saturated heterocycles. The quantitative estimate of drug-likeness (QED) is 0.0156. The summed E-state index contributed by atoms with van der Waals surface area (Å²) < 4.78 is 0. The summed E-state index contributed by atoms with van der Waals surface area (Å²) in [4.78, 5) is 149. The van der Waals surface area contributed by atoms with Crippen LogP contribution < -0.4 is 70.8 Å². The minimum absolute atomic E-state index is 0.00335. The number of carboxylic acid groups (broad SMARTS) is 2. The standard InChI is InChI=1S/C48H88N14O15S/c1-23(2)19-28(50)39(68)58-33(21-35(65)66)43(72)56-29(13-10-11-16-49)40(69)54-26(7)38(67)60-34(22-63)45(74)61-36(25(5)6)46(75)57-31(15-18-78-9)42(71)55-30(14-12-17-53-48(51)52)41(70)59-32(20-24(3)4)44(73)62-37(27(8)64)47(76)77/h23-34,36-37,63-64H,10-22,49-50H2,1-9H3,(H,54,69)(H,55,71)(H,56,72)(H,57,75)(H,58,68)(H,59,70)(H,60,67)(H,61,74)(H,62,73)(H,65,66)(H,76,77)(H4,51,52,53)/t26-,27+,28-,29-,30-,31-,32-,33-,34-,36-,37-/m0/s1. The molecule has 29 nitrogen and oxygen atoms in total. The molecule has 11 atom stereocenters. The molecule has 0 bridgehead atoms. The van der Waals surface area contributed by atoms with Gasteiger partial charge in [-0.25, -0.2) is 4.79 Å². The monoisotopic (exact) mass is 1130 g/mol. The van der Waals surface area contributed by atoms with E-state index in [-0.39, 0.29) is 69.4 Å². The van der Waals surface area contributed by atoms with Crippen molar-refractivity contribution < 1.29 is 73.2 Å². The molecule has 0 rings (SSSR count). The van der Waals surface area contributed by atoms with E-state index in [0.29, 0.717) is 18.6 Å². The largest absolute Gasteiger partial charge is 0.481 e. The molecule has 0 fully saturated rings. The van der Waals surface area contributed by atoms with Crippen molar-refractivity contribution in [1.29, 1.82) is 0 Å². The third-order valence-corrected chi connectivity index (χ3v) is 12.3. The van der Waals surface area contributed by atoms with E-state index in [9.17, 15) is 73.2 Å². The van der Waals surface area contributed by atoms with Crippen molar-refractivity contribution in [2.45, 2.75) is 180 Å². The Labute approximate surface area is 459 Å². The van der Waals surface area contributed by atoms with Crippen molar-refractivity contribution in [1.82, 2.24) is 47.9 Å². The van der Waals surface area contributed by atoms with Crippen LogP contribution in [0.25, 0.3) is 0 Å². The first-order valence-corrected chi connectivity index (χ1v) is 27.3. The van der Waals surface area contributed by atoms with E-state index in [4.69, 9.17) is 22.9 Å². The average molecular weight is 1130 g/mol. The molecule has 78 heavy (non-hydrogen) atoms. The summed E-state index contributed by atoms with van der Waals surface area (Å²) in [7, 11) is 0. The summed E-state index contributed by atoms with van der Waals surface area (Å²) in [6.45, 7) is 11.9. The second-order valence-corrected chi connectivity index (χ2v) is 21.0. The maximum Gasteiger partial charge on any atom is 0.328 e. The molecule has 9 amide bonds. The first kappa shape index (κ1) is 71.6. The molecule has 0 saturated carbocycles. The number of carbonyl (C=O) groups is 11. The lowest BCUT2D eigenvalue weighted by atomic mass is 10.0. The Morgan fingerprint density at radius 1 is 0.526 bits per heavy atom. The van der Waals surface area contributed by atoms with Crippen molar-refractivity contribution >= 4 is 82.8 Å². The van der Waals surface area contributed by atoms with Crippen molar-refractivity contribution in [3.63, 3.8) is 0 Å². The molecular formula is C48H88N14O15S. The highest BCUT2D eigenvalue weighted by molar-refractivity contribution is 7.98. The first-order chi connectivity index (χ1) is 36.4. The molecule has 0 heterocycles. The fraction of sp³-hybridized carbons (Fsp3) is 0.750. The summed E-state index contributed by atoms with van der Waals surface area (Å²) in [5, 5.41) is 61.2. The molecule has 0 aromatic heterocycles. The van der Waals surface area contributed by atoms with E-state index in [2.05, 4.69) is 52.8 Å². The van der Waals surface area contributed by atoms with Crippen LogP contribution in [0, 0.1) is 17.8 Å². The summed E-state index contributed by atoms with van der Waals surface area (Å²) in [5.74, 6) is -12.0. The van der Waals surface area contributed by atoms with Gasteiger partial charge in [0.2, 0.25) is 53.2 Å². The van der Waals surface area contributed by atoms with Crippen molar-refractivity contribution in [3.05, 3.63) is 0 Å². The van der Waals surface area contributed by atoms with Crippen molar-refractivity contribution in [2.75, 3.05) is 31.7 Å². The molecule has 0 aromatic carbocycles. The highest BCUT2D eigenvalue weighted by Crippen LogP contribution is 2.12. The number of unbranched alkanes of at least 4 members (excludes halogenated alkanes) is 1. The zero-order valence-electron chi connectivity index (χ0n) is 46.2. The lowest BCUT2D eigenvalue weighted by Crippen LogP contribution is -2.61. The first-order valence-electron chi connectivity index (χ1n) is 25.9. The van der Waals surface area contributed by atoms with Crippen LogP contribution in [0.3, 0.4) is 0 Å². The van der Waals surface area contributed by atoms with Gasteiger partial charge in [0.1, 0.15) is 48.3 Å². The van der Waals surface area contributed by atoms with Gasteiger partial charge >= 0.3 is 11.9 Å². The number of aliphatic carboxylic acids is 2. The van der Waals surface area contributed by atoms with Gasteiger partial charge in [0, 0.05) is 6.54 Å². The van der Waals surface area contributed by atoms with Gasteiger partial charge in [-0.05, 0) is 102 Å². The van der Waals surface area contributed by atoms with Gasteiger partial charge in [0.15, 0.2) is 12.0 Å². The fourth-order valence-corrected chi connectivity index (χ4v) is 7.87. The van der Waals surface area contributed by atoms with E-state index >= 15 is 0 Å². The molecule has 21 N–H and O–H groups in total.